The first-order valence-corrected chi connectivity index (χ1v) is 13.8. The summed E-state index contributed by atoms with van der Waals surface area (Å²) in [6, 6.07) is 10.0. The van der Waals surface area contributed by atoms with Gasteiger partial charge in [0.1, 0.15) is 0 Å². The summed E-state index contributed by atoms with van der Waals surface area (Å²) in [5, 5.41) is 1.04. The van der Waals surface area contributed by atoms with Gasteiger partial charge >= 0.3 is 0 Å². The quantitative estimate of drug-likeness (QED) is 0.617. The molecule has 7 heteroatoms. The molecule has 196 valence electrons. The molecule has 0 spiro atoms. The Morgan fingerprint density at radius 3 is 2.44 bits per heavy atom. The van der Waals surface area contributed by atoms with Crippen molar-refractivity contribution in [2.75, 3.05) is 53.0 Å². The van der Waals surface area contributed by atoms with E-state index in [1.165, 1.54) is 6.42 Å². The first-order valence-electron chi connectivity index (χ1n) is 13.8. The lowest BCUT2D eigenvalue weighted by molar-refractivity contribution is -0.142. The van der Waals surface area contributed by atoms with Crippen LogP contribution in [0.2, 0.25) is 0 Å². The first kappa shape index (κ1) is 25.4. The second-order valence-electron chi connectivity index (χ2n) is 11.2. The largest absolute Gasteiger partial charge is 0.381 e. The molecular formula is C29H42N4O3. The van der Waals surface area contributed by atoms with Gasteiger partial charge in [0.2, 0.25) is 5.91 Å². The van der Waals surface area contributed by atoms with E-state index in [0.29, 0.717) is 18.7 Å². The molecule has 0 atom stereocenters. The number of rotatable bonds is 6. The number of pyridine rings is 1. The number of aryl methyl sites for hydroxylation is 1. The Morgan fingerprint density at radius 1 is 1.03 bits per heavy atom. The van der Waals surface area contributed by atoms with Gasteiger partial charge in [-0.2, -0.15) is 0 Å². The third-order valence-electron chi connectivity index (χ3n) is 8.92. The van der Waals surface area contributed by atoms with Crippen LogP contribution in [0.5, 0.6) is 0 Å². The number of carbonyl (C=O) groups is 1. The molecular weight excluding hydrogens is 452 g/mol. The van der Waals surface area contributed by atoms with Crippen LogP contribution in [0.4, 0.5) is 0 Å². The maximum absolute atomic E-state index is 14.1. The van der Waals surface area contributed by atoms with Crippen LogP contribution in [0.15, 0.2) is 35.1 Å². The third-order valence-corrected chi connectivity index (χ3v) is 8.92. The number of ether oxygens (including phenoxy) is 1. The van der Waals surface area contributed by atoms with Crippen molar-refractivity contribution in [2.24, 2.45) is 13.0 Å². The predicted molar refractivity (Wildman–Crippen MR) is 143 cm³/mol. The topological polar surface area (TPSA) is 58.0 Å². The average Bonchev–Trinajstić information content (AvgIpc) is 2.92. The monoisotopic (exact) mass is 494 g/mol. The lowest BCUT2D eigenvalue weighted by Crippen LogP contribution is -2.63. The number of likely N-dealkylation sites (N-methyl/N-ethyl adjacent to an activating group) is 1. The molecule has 0 bridgehead atoms. The smallest absolute Gasteiger partial charge is 0.255 e. The molecule has 2 aromatic rings. The van der Waals surface area contributed by atoms with Gasteiger partial charge in [-0.3, -0.25) is 14.5 Å². The van der Waals surface area contributed by atoms with Gasteiger partial charge in [-0.25, -0.2) is 0 Å². The van der Waals surface area contributed by atoms with Crippen LogP contribution < -0.4 is 5.56 Å². The summed E-state index contributed by atoms with van der Waals surface area (Å²) in [6.45, 7) is 6.63. The van der Waals surface area contributed by atoms with Crippen molar-refractivity contribution < 1.29 is 9.53 Å². The Balaban J connectivity index is 1.48. The number of hydrogen-bond donors (Lipinski definition) is 0. The second kappa shape index (κ2) is 11.0. The molecule has 1 aliphatic carbocycles. The highest BCUT2D eigenvalue weighted by Crippen LogP contribution is 2.33. The molecule has 3 aliphatic rings. The Labute approximate surface area is 215 Å². The van der Waals surface area contributed by atoms with Crippen molar-refractivity contribution in [1.29, 1.82) is 0 Å². The summed E-state index contributed by atoms with van der Waals surface area (Å²) in [4.78, 5) is 34.6. The van der Waals surface area contributed by atoms with E-state index in [2.05, 4.69) is 27.8 Å². The van der Waals surface area contributed by atoms with Crippen molar-refractivity contribution in [1.82, 2.24) is 19.3 Å². The SMILES string of the molecule is CN1CCN(C2(CN(Cc3cc4ccccc4n(C)c3=O)C(=O)C3CCCCC3)CCOCC2)CC1. The van der Waals surface area contributed by atoms with Gasteiger partial charge in [0.15, 0.2) is 0 Å². The van der Waals surface area contributed by atoms with Gasteiger partial charge < -0.3 is 19.1 Å². The third kappa shape index (κ3) is 5.24. The Bertz CT molecular complexity index is 1110. The van der Waals surface area contributed by atoms with Gasteiger partial charge in [0.05, 0.1) is 12.1 Å². The fraction of sp³-hybridized carbons (Fsp3) is 0.655. The molecule has 3 fully saturated rings. The molecule has 3 heterocycles. The molecule has 0 N–H and O–H groups in total. The zero-order valence-corrected chi connectivity index (χ0v) is 22.1. The molecule has 0 radical (unpaired) electrons. The fourth-order valence-corrected chi connectivity index (χ4v) is 6.59. The van der Waals surface area contributed by atoms with Crippen LogP contribution in [-0.2, 0) is 23.1 Å². The number of amides is 1. The maximum Gasteiger partial charge on any atom is 0.255 e. The zero-order valence-electron chi connectivity index (χ0n) is 22.1. The Morgan fingerprint density at radius 2 is 1.72 bits per heavy atom. The normalized spacial score (nSPS) is 22.1. The van der Waals surface area contributed by atoms with Crippen molar-refractivity contribution >= 4 is 16.8 Å². The minimum Gasteiger partial charge on any atom is -0.381 e. The minimum atomic E-state index is -0.0913. The van der Waals surface area contributed by atoms with Crippen LogP contribution >= 0.6 is 0 Å². The lowest BCUT2D eigenvalue weighted by Gasteiger charge is -2.51. The molecule has 2 saturated heterocycles. The number of para-hydroxylation sites is 1. The summed E-state index contributed by atoms with van der Waals surface area (Å²) >= 11 is 0. The summed E-state index contributed by atoms with van der Waals surface area (Å²) in [5.41, 5.74) is 1.54. The van der Waals surface area contributed by atoms with E-state index >= 15 is 0 Å². The maximum atomic E-state index is 14.1. The van der Waals surface area contributed by atoms with Crippen LogP contribution in [0, 0.1) is 5.92 Å². The fourth-order valence-electron chi connectivity index (χ4n) is 6.59. The zero-order chi connectivity index (χ0) is 25.1. The predicted octanol–water partition coefficient (Wildman–Crippen LogP) is 3.24. The number of piperazine rings is 1. The van der Waals surface area contributed by atoms with E-state index in [4.69, 9.17) is 4.74 Å². The number of aromatic nitrogens is 1. The van der Waals surface area contributed by atoms with E-state index in [9.17, 15) is 9.59 Å². The molecule has 1 saturated carbocycles. The molecule has 5 rings (SSSR count). The van der Waals surface area contributed by atoms with Crippen molar-refractivity contribution in [3.8, 4) is 0 Å². The van der Waals surface area contributed by atoms with Crippen LogP contribution in [-0.4, -0.2) is 83.7 Å². The van der Waals surface area contributed by atoms with Gasteiger partial charge in [0, 0.05) is 70.0 Å². The molecule has 1 aromatic heterocycles. The Hall–Kier alpha value is -2.22. The second-order valence-corrected chi connectivity index (χ2v) is 11.2. The van der Waals surface area contributed by atoms with Crippen molar-refractivity contribution in [3.05, 3.63) is 46.2 Å². The minimum absolute atomic E-state index is 0.00392. The van der Waals surface area contributed by atoms with E-state index in [1.54, 1.807) is 4.57 Å². The summed E-state index contributed by atoms with van der Waals surface area (Å²) in [5.74, 6) is 0.317. The number of carbonyl (C=O) groups excluding carboxylic acids is 1. The van der Waals surface area contributed by atoms with Gasteiger partial charge in [-0.05, 0) is 50.2 Å². The standard InChI is InChI=1S/C29H42N4O3/c1-30-14-16-33(17-15-30)29(12-18-36-19-13-29)22-32(28(35)23-8-4-3-5-9-23)21-25-20-24-10-6-7-11-26(24)31(2)27(25)34/h6-7,10-11,20,23H,3-5,8-9,12-19,21-22H2,1-2H3. The highest BCUT2D eigenvalue weighted by atomic mass is 16.5. The van der Waals surface area contributed by atoms with Crippen LogP contribution in [0.25, 0.3) is 10.9 Å². The van der Waals surface area contributed by atoms with Crippen molar-refractivity contribution in [3.63, 3.8) is 0 Å². The van der Waals surface area contributed by atoms with E-state index in [0.717, 1.165) is 88.8 Å². The number of fused-ring (bicyclic) bond motifs is 1. The van der Waals surface area contributed by atoms with Crippen molar-refractivity contribution in [2.45, 2.75) is 57.0 Å². The average molecular weight is 495 g/mol. The summed E-state index contributed by atoms with van der Waals surface area (Å²) in [7, 11) is 4.02. The van der Waals surface area contributed by atoms with E-state index in [-0.39, 0.29) is 22.9 Å². The van der Waals surface area contributed by atoms with Crippen LogP contribution in [0.1, 0.15) is 50.5 Å². The first-order chi connectivity index (χ1) is 17.5. The lowest BCUT2D eigenvalue weighted by atomic mass is 9.84. The van der Waals surface area contributed by atoms with E-state index in [1.807, 2.05) is 31.3 Å². The molecule has 2 aliphatic heterocycles. The summed E-state index contributed by atoms with van der Waals surface area (Å²) in [6.07, 6.45) is 7.27. The molecule has 1 aromatic carbocycles. The van der Waals surface area contributed by atoms with Gasteiger partial charge in [0.25, 0.3) is 5.56 Å². The molecule has 36 heavy (non-hydrogen) atoms. The van der Waals surface area contributed by atoms with Gasteiger partial charge in [-0.15, -0.1) is 0 Å². The van der Waals surface area contributed by atoms with E-state index < -0.39 is 0 Å². The number of hydrogen-bond acceptors (Lipinski definition) is 5. The van der Waals surface area contributed by atoms with Crippen LogP contribution in [0.3, 0.4) is 0 Å². The number of nitrogens with zero attached hydrogens (tertiary/aromatic N) is 4. The highest BCUT2D eigenvalue weighted by Gasteiger charge is 2.42. The number of benzene rings is 1. The molecule has 0 unspecified atom stereocenters. The molecule has 1 amide bonds. The summed E-state index contributed by atoms with van der Waals surface area (Å²) < 4.78 is 7.54. The Kier molecular flexibility index (Phi) is 7.79. The highest BCUT2D eigenvalue weighted by molar-refractivity contribution is 5.81. The molecule has 7 nitrogen and oxygen atoms in total. The van der Waals surface area contributed by atoms with Gasteiger partial charge in [-0.1, -0.05) is 37.5 Å².